The van der Waals surface area contributed by atoms with Crippen LogP contribution < -0.4 is 0 Å². The van der Waals surface area contributed by atoms with Crippen molar-refractivity contribution in [3.63, 3.8) is 0 Å². The minimum absolute atomic E-state index is 0.464. The predicted octanol–water partition coefficient (Wildman–Crippen LogP) is 3.87. The van der Waals surface area contributed by atoms with Gasteiger partial charge in [0, 0.05) is 0 Å². The zero-order valence-corrected chi connectivity index (χ0v) is 17.0. The van der Waals surface area contributed by atoms with E-state index in [2.05, 4.69) is 13.2 Å². The zero-order chi connectivity index (χ0) is 12.9. The van der Waals surface area contributed by atoms with Crippen LogP contribution in [0.5, 0.6) is 0 Å². The van der Waals surface area contributed by atoms with E-state index in [0.29, 0.717) is 12.2 Å². The molecule has 0 heterocycles. The molecular weight excluding hydrogens is 401 g/mol. The summed E-state index contributed by atoms with van der Waals surface area (Å²) in [6, 6.07) is 0. The molecule has 2 nitrogen and oxygen atoms in total. The van der Waals surface area contributed by atoms with Crippen LogP contribution in [0, 0.1) is 0 Å². The molecule has 0 spiro atoms. The Hall–Kier alpha value is 0.335. The van der Waals surface area contributed by atoms with E-state index in [0.717, 1.165) is 25.7 Å². The van der Waals surface area contributed by atoms with Crippen LogP contribution in [0.2, 0.25) is 7.86 Å². The van der Waals surface area contributed by atoms with Crippen LogP contribution in [0.3, 0.4) is 0 Å². The van der Waals surface area contributed by atoms with E-state index in [9.17, 15) is 0 Å². The van der Waals surface area contributed by atoms with Crippen LogP contribution >= 0.6 is 0 Å². The first-order chi connectivity index (χ1) is 8.28. The van der Waals surface area contributed by atoms with E-state index in [-0.39, 0.29) is 0 Å². The number of hydrogen-bond donors (Lipinski definition) is 0. The quantitative estimate of drug-likeness (QED) is 0.348. The summed E-state index contributed by atoms with van der Waals surface area (Å²) < 4.78 is 13.7. The van der Waals surface area contributed by atoms with Crippen molar-refractivity contribution in [1.82, 2.24) is 0 Å². The van der Waals surface area contributed by atoms with Crippen molar-refractivity contribution in [1.29, 1.82) is 0 Å². The molecule has 0 aromatic carbocycles. The second-order valence-electron chi connectivity index (χ2n) is 4.38. The van der Waals surface area contributed by atoms with Gasteiger partial charge in [-0.15, -0.1) is 0 Å². The third kappa shape index (κ3) is 9.99. The van der Waals surface area contributed by atoms with E-state index in [4.69, 9.17) is 9.47 Å². The Labute approximate surface area is 119 Å². The van der Waals surface area contributed by atoms with Crippen LogP contribution in [0.4, 0.5) is 0 Å². The summed E-state index contributed by atoms with van der Waals surface area (Å²) in [5.41, 5.74) is 0. The molecule has 0 fully saturated rings. The van der Waals surface area contributed by atoms with Gasteiger partial charge in [-0.3, -0.25) is 0 Å². The molecule has 2 atom stereocenters. The van der Waals surface area contributed by atoms with Crippen LogP contribution in [-0.2, 0) is 34.0 Å². The van der Waals surface area contributed by atoms with Crippen molar-refractivity contribution < 1.29 is 34.0 Å². The van der Waals surface area contributed by atoms with Gasteiger partial charge in [0.15, 0.2) is 0 Å². The first-order valence-corrected chi connectivity index (χ1v) is 14.3. The maximum absolute atomic E-state index is 5.50. The van der Waals surface area contributed by atoms with Crippen LogP contribution in [0.15, 0.2) is 25.3 Å². The van der Waals surface area contributed by atoms with Gasteiger partial charge in [-0.2, -0.15) is 0 Å². The van der Waals surface area contributed by atoms with Gasteiger partial charge in [0.2, 0.25) is 0 Å². The van der Waals surface area contributed by atoms with Gasteiger partial charge in [0.1, 0.15) is 0 Å². The number of methoxy groups -OCH3 is 2. The number of allylic oxidation sites excluding steroid dienone is 2. The minimum atomic E-state index is -0.823. The fourth-order valence-corrected chi connectivity index (χ4v) is 10.5. The zero-order valence-electron chi connectivity index (χ0n) is 11.5. The average molecular weight is 427 g/mol. The molecule has 0 aliphatic carbocycles. The average Bonchev–Trinajstić information content (AvgIpc) is 2.37. The summed E-state index contributed by atoms with van der Waals surface area (Å²) in [6.45, 7) is 7.51. The van der Waals surface area contributed by atoms with Crippen molar-refractivity contribution in [2.45, 2.75) is 45.8 Å². The summed E-state index contributed by atoms with van der Waals surface area (Å²) in [5.74, 6) is 0. The third-order valence-corrected chi connectivity index (χ3v) is 11.3. The number of hydrogen-bond acceptors (Lipinski definition) is 2. The van der Waals surface area contributed by atoms with Crippen molar-refractivity contribution in [2.75, 3.05) is 14.2 Å². The van der Waals surface area contributed by atoms with Gasteiger partial charge in [-0.25, -0.2) is 0 Å². The second kappa shape index (κ2) is 12.8. The third-order valence-electron chi connectivity index (χ3n) is 3.10. The maximum atomic E-state index is 5.50. The molecule has 3 heteroatoms. The fraction of sp³-hybridized carbons (Fsp3) is 0.714. The molecule has 0 radical (unpaired) electrons. The molecule has 2 unspecified atom stereocenters. The summed E-state index contributed by atoms with van der Waals surface area (Å²) in [7, 11) is 3.65. The number of ether oxygens (including phenoxy) is 2. The van der Waals surface area contributed by atoms with E-state index in [1.54, 1.807) is 0 Å². The van der Waals surface area contributed by atoms with E-state index in [1.807, 2.05) is 26.4 Å². The topological polar surface area (TPSA) is 18.5 Å². The summed E-state index contributed by atoms with van der Waals surface area (Å²) >= 11 is -0.823. The standard InChI is InChI=1S/2C7H13O.Hg/c2*1-4-5-6-7(2)8-3;/h2*4,7H,1-2,5-6H2,3H3;. The normalized spacial score (nSPS) is 13.8. The molecule has 0 bridgehead atoms. The van der Waals surface area contributed by atoms with Gasteiger partial charge in [-0.05, 0) is 0 Å². The van der Waals surface area contributed by atoms with Gasteiger partial charge in [0.25, 0.3) is 0 Å². The van der Waals surface area contributed by atoms with Crippen LogP contribution in [-0.4, -0.2) is 26.4 Å². The predicted molar refractivity (Wildman–Crippen MR) is 70.1 cm³/mol. The summed E-state index contributed by atoms with van der Waals surface area (Å²) in [6.07, 6.45) is 9.27. The van der Waals surface area contributed by atoms with Crippen molar-refractivity contribution in [3.05, 3.63) is 25.3 Å². The summed E-state index contributed by atoms with van der Waals surface area (Å²) in [5, 5.41) is 0. The second-order valence-corrected chi connectivity index (χ2v) is 11.6. The Kier molecular flexibility index (Phi) is 13.0. The molecule has 96 valence electrons. The summed E-state index contributed by atoms with van der Waals surface area (Å²) in [4.78, 5) is 0. The fourth-order valence-electron chi connectivity index (χ4n) is 1.94. The Morgan fingerprint density at radius 3 is 1.65 bits per heavy atom. The Morgan fingerprint density at radius 2 is 1.35 bits per heavy atom. The molecule has 0 saturated carbocycles. The van der Waals surface area contributed by atoms with Gasteiger partial charge in [0.05, 0.1) is 0 Å². The molecule has 0 aromatic heterocycles. The van der Waals surface area contributed by atoms with Gasteiger partial charge in [-0.1, -0.05) is 0 Å². The van der Waals surface area contributed by atoms with Crippen molar-refractivity contribution >= 4 is 0 Å². The Morgan fingerprint density at radius 1 is 0.941 bits per heavy atom. The first-order valence-electron chi connectivity index (χ1n) is 6.55. The van der Waals surface area contributed by atoms with Crippen molar-refractivity contribution in [3.8, 4) is 0 Å². The molecule has 17 heavy (non-hydrogen) atoms. The van der Waals surface area contributed by atoms with E-state index >= 15 is 0 Å². The molecule has 0 saturated heterocycles. The molecular formula is C14H26HgO2. The Balaban J connectivity index is 3.68. The first kappa shape index (κ1) is 17.3. The van der Waals surface area contributed by atoms with Gasteiger partial charge >= 0.3 is 119 Å². The molecule has 0 amide bonds. The SMILES string of the molecule is C=CCCC([CH2][Hg][CH2]C(CCC=C)OC)OC. The van der Waals surface area contributed by atoms with Gasteiger partial charge < -0.3 is 0 Å². The molecule has 0 rings (SSSR count). The molecule has 0 aromatic rings. The van der Waals surface area contributed by atoms with Crippen LogP contribution in [0.25, 0.3) is 0 Å². The molecule has 0 aliphatic rings. The van der Waals surface area contributed by atoms with E-state index in [1.165, 1.54) is 7.86 Å². The monoisotopic (exact) mass is 428 g/mol. The van der Waals surface area contributed by atoms with E-state index < -0.39 is 24.6 Å². The molecule has 0 aliphatic heterocycles. The number of rotatable bonds is 12. The van der Waals surface area contributed by atoms with Crippen molar-refractivity contribution in [2.24, 2.45) is 0 Å². The van der Waals surface area contributed by atoms with Crippen LogP contribution in [0.1, 0.15) is 25.7 Å². The molecule has 0 N–H and O–H groups in total. The Bertz CT molecular complexity index is 175.